The number of allylic oxidation sites excluding steroid dienone is 1. The van der Waals surface area contributed by atoms with Gasteiger partial charge in [0.25, 0.3) is 0 Å². The Bertz CT molecular complexity index is 1030. The quantitative estimate of drug-likeness (QED) is 0.683. The van der Waals surface area contributed by atoms with Gasteiger partial charge >= 0.3 is 0 Å². The third-order valence-corrected chi connectivity index (χ3v) is 5.76. The minimum Gasteiger partial charge on any atom is -0.342 e. The summed E-state index contributed by atoms with van der Waals surface area (Å²) in [5.74, 6) is 0.493. The molecular formula is C20H20N4O2. The molecule has 132 valence electrons. The average Bonchev–Trinajstić information content (AvgIpc) is 3.05. The van der Waals surface area contributed by atoms with E-state index in [-0.39, 0.29) is 17.1 Å². The van der Waals surface area contributed by atoms with E-state index >= 15 is 0 Å². The molecule has 1 spiro atoms. The summed E-state index contributed by atoms with van der Waals surface area (Å²) in [6.07, 6.45) is 1.13. The minimum atomic E-state index is -1.13. The zero-order valence-electron chi connectivity index (χ0n) is 15.0. The summed E-state index contributed by atoms with van der Waals surface area (Å²) in [5, 5.41) is 13.7. The second-order valence-corrected chi connectivity index (χ2v) is 8.24. The summed E-state index contributed by atoms with van der Waals surface area (Å²) in [7, 11) is 0. The lowest BCUT2D eigenvalue weighted by Crippen LogP contribution is -2.47. The number of benzene rings is 1. The number of H-pyrrole nitrogens is 1. The molecule has 0 saturated heterocycles. The van der Waals surface area contributed by atoms with Gasteiger partial charge in [0, 0.05) is 40.2 Å². The molecule has 6 heteroatoms. The molecule has 0 radical (unpaired) electrons. The van der Waals surface area contributed by atoms with E-state index in [0.717, 1.165) is 28.2 Å². The van der Waals surface area contributed by atoms with Crippen molar-refractivity contribution >= 4 is 23.2 Å². The summed E-state index contributed by atoms with van der Waals surface area (Å²) in [5.41, 5.74) is 3.26. The Kier molecular flexibility index (Phi) is 2.74. The standard InChI is InChI=1S/C20H20N4O2/c1-10-15-17(24-23-10)21-13-8-19(2,3)9-14(25)16(13)20(15)11-6-4-5-7-12(11)22-18(20)26/h4-7H,8-9H2,1-3H3,(H,22,26)(H2,21,23,24)/t20-/m1/s1. The zero-order chi connectivity index (χ0) is 18.3. The summed E-state index contributed by atoms with van der Waals surface area (Å²) in [6.45, 7) is 6.06. The Balaban J connectivity index is 1.91. The van der Waals surface area contributed by atoms with Gasteiger partial charge in [0.15, 0.2) is 11.6 Å². The topological polar surface area (TPSA) is 86.9 Å². The molecule has 3 aliphatic rings. The number of aromatic nitrogens is 2. The van der Waals surface area contributed by atoms with E-state index in [4.69, 9.17) is 0 Å². The minimum absolute atomic E-state index is 0.0295. The van der Waals surface area contributed by atoms with Crippen molar-refractivity contribution in [3.63, 3.8) is 0 Å². The number of hydrogen-bond acceptors (Lipinski definition) is 4. The summed E-state index contributed by atoms with van der Waals surface area (Å²) in [6, 6.07) is 7.63. The van der Waals surface area contributed by atoms with E-state index < -0.39 is 5.41 Å². The first-order valence-corrected chi connectivity index (χ1v) is 8.85. The Morgan fingerprint density at radius 2 is 1.85 bits per heavy atom. The van der Waals surface area contributed by atoms with Crippen LogP contribution in [-0.4, -0.2) is 21.9 Å². The predicted octanol–water partition coefficient (Wildman–Crippen LogP) is 3.03. The number of Topliss-reactive ketones (excluding diaryl/α,β-unsaturated/α-hetero) is 1. The third-order valence-electron chi connectivity index (χ3n) is 5.76. The summed E-state index contributed by atoms with van der Waals surface area (Å²) >= 11 is 0. The Morgan fingerprint density at radius 3 is 2.65 bits per heavy atom. The highest BCUT2D eigenvalue weighted by molar-refractivity contribution is 6.20. The third kappa shape index (κ3) is 1.69. The van der Waals surface area contributed by atoms with Crippen LogP contribution >= 0.6 is 0 Å². The van der Waals surface area contributed by atoms with Crippen LogP contribution in [0.3, 0.4) is 0 Å². The molecule has 6 nitrogen and oxygen atoms in total. The molecule has 2 aliphatic heterocycles. The van der Waals surface area contributed by atoms with Crippen LogP contribution in [0.15, 0.2) is 35.5 Å². The van der Waals surface area contributed by atoms with Crippen molar-refractivity contribution in [2.24, 2.45) is 5.41 Å². The van der Waals surface area contributed by atoms with E-state index in [1.54, 1.807) is 0 Å². The number of aryl methyl sites for hydroxylation is 1. The highest BCUT2D eigenvalue weighted by Crippen LogP contribution is 2.56. The molecule has 1 atom stereocenters. The second kappa shape index (κ2) is 4.63. The molecule has 26 heavy (non-hydrogen) atoms. The van der Waals surface area contributed by atoms with Crippen molar-refractivity contribution in [2.75, 3.05) is 10.6 Å². The molecule has 3 heterocycles. The highest BCUT2D eigenvalue weighted by Gasteiger charge is 2.59. The molecule has 0 saturated carbocycles. The number of para-hydroxylation sites is 1. The Morgan fingerprint density at radius 1 is 1.08 bits per heavy atom. The summed E-state index contributed by atoms with van der Waals surface area (Å²) in [4.78, 5) is 26.7. The number of aromatic amines is 1. The molecule has 5 rings (SSSR count). The number of hydrogen-bond donors (Lipinski definition) is 3. The van der Waals surface area contributed by atoms with Crippen LogP contribution in [0.1, 0.15) is 43.5 Å². The number of anilines is 2. The van der Waals surface area contributed by atoms with Crippen molar-refractivity contribution in [2.45, 2.75) is 39.0 Å². The van der Waals surface area contributed by atoms with E-state index in [1.807, 2.05) is 31.2 Å². The molecule has 1 amide bonds. The molecule has 1 aliphatic carbocycles. The van der Waals surface area contributed by atoms with Crippen LogP contribution < -0.4 is 10.6 Å². The molecule has 0 fully saturated rings. The van der Waals surface area contributed by atoms with Crippen LogP contribution in [-0.2, 0) is 15.0 Å². The van der Waals surface area contributed by atoms with Gasteiger partial charge in [-0.1, -0.05) is 32.0 Å². The number of nitrogens with zero attached hydrogens (tertiary/aromatic N) is 1. The van der Waals surface area contributed by atoms with E-state index in [0.29, 0.717) is 24.2 Å². The normalized spacial score (nSPS) is 25.5. The smallest absolute Gasteiger partial charge is 0.244 e. The van der Waals surface area contributed by atoms with Gasteiger partial charge < -0.3 is 10.6 Å². The lowest BCUT2D eigenvalue weighted by molar-refractivity contribution is -0.123. The van der Waals surface area contributed by atoms with Crippen LogP contribution in [0.4, 0.5) is 11.5 Å². The number of carbonyl (C=O) groups excluding carboxylic acids is 2. The number of ketones is 1. The van der Waals surface area contributed by atoms with Crippen molar-refractivity contribution < 1.29 is 9.59 Å². The fourth-order valence-corrected chi connectivity index (χ4v) is 4.86. The number of carbonyl (C=O) groups is 2. The predicted molar refractivity (Wildman–Crippen MR) is 97.8 cm³/mol. The first kappa shape index (κ1) is 15.4. The second-order valence-electron chi connectivity index (χ2n) is 8.24. The molecule has 2 aromatic rings. The number of fused-ring (bicyclic) bond motifs is 5. The number of amides is 1. The van der Waals surface area contributed by atoms with Crippen LogP contribution in [0, 0.1) is 12.3 Å². The van der Waals surface area contributed by atoms with Gasteiger partial charge in [-0.25, -0.2) is 0 Å². The lowest BCUT2D eigenvalue weighted by atomic mass is 9.61. The van der Waals surface area contributed by atoms with Crippen molar-refractivity contribution in [1.29, 1.82) is 0 Å². The average molecular weight is 348 g/mol. The lowest BCUT2D eigenvalue weighted by Gasteiger charge is -2.42. The van der Waals surface area contributed by atoms with Crippen molar-refractivity contribution in [3.05, 3.63) is 52.4 Å². The van der Waals surface area contributed by atoms with E-state index in [9.17, 15) is 9.59 Å². The van der Waals surface area contributed by atoms with Gasteiger partial charge in [-0.05, 0) is 24.8 Å². The monoisotopic (exact) mass is 348 g/mol. The molecule has 0 bridgehead atoms. The van der Waals surface area contributed by atoms with Gasteiger partial charge in [0.2, 0.25) is 5.91 Å². The Hall–Kier alpha value is -2.89. The fraction of sp³-hybridized carbons (Fsp3) is 0.350. The first-order chi connectivity index (χ1) is 12.3. The molecular weight excluding hydrogens is 328 g/mol. The van der Waals surface area contributed by atoms with Gasteiger partial charge in [-0.15, -0.1) is 0 Å². The van der Waals surface area contributed by atoms with Crippen LogP contribution in [0.2, 0.25) is 0 Å². The SMILES string of the molecule is Cc1[nH]nc2c1[C@@]1(C(=O)Nc3ccccc31)C1=C(CC(C)(C)CC1=O)N2. The van der Waals surface area contributed by atoms with Gasteiger partial charge in [0.05, 0.1) is 0 Å². The van der Waals surface area contributed by atoms with Gasteiger partial charge in [-0.3, -0.25) is 14.7 Å². The van der Waals surface area contributed by atoms with Crippen molar-refractivity contribution in [1.82, 2.24) is 10.2 Å². The summed E-state index contributed by atoms with van der Waals surface area (Å²) < 4.78 is 0. The number of nitrogens with one attached hydrogen (secondary N) is 3. The highest BCUT2D eigenvalue weighted by atomic mass is 16.2. The van der Waals surface area contributed by atoms with Crippen LogP contribution in [0.5, 0.6) is 0 Å². The van der Waals surface area contributed by atoms with Crippen molar-refractivity contribution in [3.8, 4) is 0 Å². The maximum Gasteiger partial charge on any atom is 0.244 e. The molecule has 0 unspecified atom stereocenters. The van der Waals surface area contributed by atoms with Gasteiger partial charge in [-0.2, -0.15) is 5.10 Å². The zero-order valence-corrected chi connectivity index (χ0v) is 15.0. The largest absolute Gasteiger partial charge is 0.342 e. The first-order valence-electron chi connectivity index (χ1n) is 8.85. The molecule has 1 aromatic heterocycles. The Labute approximate surface area is 151 Å². The van der Waals surface area contributed by atoms with Gasteiger partial charge in [0.1, 0.15) is 5.41 Å². The van der Waals surface area contributed by atoms with E-state index in [1.165, 1.54) is 0 Å². The fourth-order valence-electron chi connectivity index (χ4n) is 4.86. The van der Waals surface area contributed by atoms with E-state index in [2.05, 4.69) is 34.7 Å². The molecule has 1 aromatic carbocycles. The maximum absolute atomic E-state index is 13.4. The van der Waals surface area contributed by atoms with Crippen LogP contribution in [0.25, 0.3) is 0 Å². The number of rotatable bonds is 0. The maximum atomic E-state index is 13.4. The molecule has 3 N–H and O–H groups in total.